The van der Waals surface area contributed by atoms with Crippen molar-refractivity contribution in [3.63, 3.8) is 0 Å². The molecule has 1 aromatic carbocycles. The molecule has 0 aliphatic heterocycles. The van der Waals surface area contributed by atoms with Crippen LogP contribution in [0.15, 0.2) is 22.7 Å². The maximum absolute atomic E-state index is 10.6. The molecule has 104 valence electrons. The molecule has 0 bridgehead atoms. The van der Waals surface area contributed by atoms with E-state index in [1.165, 1.54) is 18.6 Å². The minimum atomic E-state index is -0.409. The van der Waals surface area contributed by atoms with Gasteiger partial charge in [0.15, 0.2) is 0 Å². The van der Waals surface area contributed by atoms with E-state index in [-0.39, 0.29) is 12.3 Å². The molecule has 1 fully saturated rings. The molecule has 2 rings (SSSR count). The highest BCUT2D eigenvalue weighted by molar-refractivity contribution is 9.10. The van der Waals surface area contributed by atoms with Gasteiger partial charge in [-0.1, -0.05) is 6.42 Å². The maximum Gasteiger partial charge on any atom is 0.270 e. The van der Waals surface area contributed by atoms with E-state index in [9.17, 15) is 15.2 Å². The first-order valence-corrected chi connectivity index (χ1v) is 7.19. The number of hydrogen-bond acceptors (Lipinski definition) is 4. The Morgan fingerprint density at radius 3 is 2.79 bits per heavy atom. The van der Waals surface area contributed by atoms with Gasteiger partial charge in [0.2, 0.25) is 0 Å². The smallest absolute Gasteiger partial charge is 0.270 e. The molecule has 0 saturated heterocycles. The van der Waals surface area contributed by atoms with Gasteiger partial charge in [-0.2, -0.15) is 0 Å². The first kappa shape index (κ1) is 14.3. The summed E-state index contributed by atoms with van der Waals surface area (Å²) in [5.74, 6) is 0.858. The van der Waals surface area contributed by atoms with Crippen LogP contribution in [-0.2, 0) is 0 Å². The van der Waals surface area contributed by atoms with Gasteiger partial charge >= 0.3 is 0 Å². The molecule has 5 nitrogen and oxygen atoms in total. The van der Waals surface area contributed by atoms with Gasteiger partial charge in [0.05, 0.1) is 4.92 Å². The van der Waals surface area contributed by atoms with Gasteiger partial charge in [0, 0.05) is 35.4 Å². The van der Waals surface area contributed by atoms with Crippen LogP contribution in [0.3, 0.4) is 0 Å². The molecule has 0 aromatic heterocycles. The van der Waals surface area contributed by atoms with Crippen LogP contribution in [-0.4, -0.2) is 23.2 Å². The number of benzene rings is 1. The van der Waals surface area contributed by atoms with Crippen molar-refractivity contribution >= 4 is 27.3 Å². The minimum Gasteiger partial charge on any atom is -0.396 e. The van der Waals surface area contributed by atoms with Gasteiger partial charge in [-0.15, -0.1) is 0 Å². The Hall–Kier alpha value is -1.14. The van der Waals surface area contributed by atoms with E-state index in [0.717, 1.165) is 25.1 Å². The third kappa shape index (κ3) is 3.45. The summed E-state index contributed by atoms with van der Waals surface area (Å²) in [6.07, 6.45) is 3.38. The second-order valence-electron chi connectivity index (χ2n) is 4.94. The monoisotopic (exact) mass is 328 g/mol. The lowest BCUT2D eigenvalue weighted by Crippen LogP contribution is -2.20. The average molecular weight is 329 g/mol. The molecule has 0 spiro atoms. The van der Waals surface area contributed by atoms with Gasteiger partial charge < -0.3 is 10.4 Å². The lowest BCUT2D eigenvalue weighted by molar-refractivity contribution is -0.384. The third-order valence-corrected chi connectivity index (χ3v) is 4.43. The van der Waals surface area contributed by atoms with E-state index in [0.29, 0.717) is 16.3 Å². The van der Waals surface area contributed by atoms with Gasteiger partial charge in [-0.3, -0.25) is 10.1 Å². The number of nitro groups is 1. The van der Waals surface area contributed by atoms with Crippen LogP contribution in [0.1, 0.15) is 19.3 Å². The van der Waals surface area contributed by atoms with Gasteiger partial charge in [-0.25, -0.2) is 0 Å². The van der Waals surface area contributed by atoms with Crippen molar-refractivity contribution in [2.75, 3.05) is 18.5 Å². The predicted octanol–water partition coefficient (Wildman–Crippen LogP) is 3.18. The molecule has 1 aromatic rings. The summed E-state index contributed by atoms with van der Waals surface area (Å²) in [6.45, 7) is 1.04. The fourth-order valence-corrected chi connectivity index (χ4v) is 3.13. The van der Waals surface area contributed by atoms with E-state index >= 15 is 0 Å². The summed E-state index contributed by atoms with van der Waals surface area (Å²) >= 11 is 3.34. The van der Waals surface area contributed by atoms with Crippen molar-refractivity contribution in [1.82, 2.24) is 0 Å². The van der Waals surface area contributed by atoms with Crippen molar-refractivity contribution in [1.29, 1.82) is 0 Å². The van der Waals surface area contributed by atoms with E-state index < -0.39 is 4.92 Å². The van der Waals surface area contributed by atoms with Crippen LogP contribution in [0, 0.1) is 22.0 Å². The van der Waals surface area contributed by atoms with Crippen LogP contribution in [0.25, 0.3) is 0 Å². The number of nitrogens with zero attached hydrogens (tertiary/aromatic N) is 1. The number of non-ortho nitro benzene ring substituents is 1. The lowest BCUT2D eigenvalue weighted by Gasteiger charge is -2.19. The van der Waals surface area contributed by atoms with Crippen molar-refractivity contribution in [2.45, 2.75) is 19.3 Å². The van der Waals surface area contributed by atoms with Crippen LogP contribution < -0.4 is 5.32 Å². The zero-order chi connectivity index (χ0) is 13.8. The fraction of sp³-hybridized carbons (Fsp3) is 0.538. The first-order chi connectivity index (χ1) is 9.11. The van der Waals surface area contributed by atoms with Crippen molar-refractivity contribution in [2.24, 2.45) is 11.8 Å². The number of halogens is 1. The minimum absolute atomic E-state index is 0.0755. The number of anilines is 1. The Bertz CT molecular complexity index is 467. The Kier molecular flexibility index (Phi) is 4.76. The number of aliphatic hydroxyl groups is 1. The molecule has 2 N–H and O–H groups in total. The van der Waals surface area contributed by atoms with Crippen LogP contribution in [0.4, 0.5) is 11.4 Å². The van der Waals surface area contributed by atoms with Gasteiger partial charge in [0.1, 0.15) is 0 Å². The lowest BCUT2D eigenvalue weighted by atomic mass is 9.97. The molecule has 0 radical (unpaired) electrons. The second kappa shape index (κ2) is 6.34. The van der Waals surface area contributed by atoms with Gasteiger partial charge in [-0.05, 0) is 46.7 Å². The van der Waals surface area contributed by atoms with Crippen molar-refractivity contribution in [3.8, 4) is 0 Å². The van der Waals surface area contributed by atoms with E-state index in [1.807, 2.05) is 0 Å². The highest BCUT2D eigenvalue weighted by Crippen LogP contribution is 2.33. The standard InChI is InChI=1S/C13H17BrN2O3/c14-12-6-11(16(18)19)4-5-13(12)15-7-9-2-1-3-10(9)8-17/h4-6,9-10,15,17H,1-3,7-8H2. The number of aliphatic hydroxyl groups excluding tert-OH is 1. The van der Waals surface area contributed by atoms with Crippen LogP contribution in [0.2, 0.25) is 0 Å². The molecular weight excluding hydrogens is 312 g/mol. The van der Waals surface area contributed by atoms with E-state index in [4.69, 9.17) is 0 Å². The predicted molar refractivity (Wildman–Crippen MR) is 77.2 cm³/mol. The molecule has 2 atom stereocenters. The number of hydrogen-bond donors (Lipinski definition) is 2. The third-order valence-electron chi connectivity index (χ3n) is 3.77. The second-order valence-corrected chi connectivity index (χ2v) is 5.79. The van der Waals surface area contributed by atoms with Crippen LogP contribution >= 0.6 is 15.9 Å². The molecule has 0 heterocycles. The molecule has 6 heteroatoms. The molecule has 19 heavy (non-hydrogen) atoms. The fourth-order valence-electron chi connectivity index (χ4n) is 2.62. The Labute approximate surface area is 120 Å². The molecule has 0 amide bonds. The quantitative estimate of drug-likeness (QED) is 0.643. The molecule has 1 aliphatic rings. The molecule has 1 saturated carbocycles. The van der Waals surface area contributed by atoms with Crippen LogP contribution in [0.5, 0.6) is 0 Å². The Morgan fingerprint density at radius 1 is 1.42 bits per heavy atom. The summed E-state index contributed by atoms with van der Waals surface area (Å²) < 4.78 is 0.695. The zero-order valence-corrected chi connectivity index (χ0v) is 12.1. The number of nitro benzene ring substituents is 1. The zero-order valence-electron chi connectivity index (χ0n) is 10.5. The highest BCUT2D eigenvalue weighted by Gasteiger charge is 2.26. The Balaban J connectivity index is 1.98. The van der Waals surface area contributed by atoms with E-state index in [1.54, 1.807) is 6.07 Å². The van der Waals surface area contributed by atoms with Gasteiger partial charge in [0.25, 0.3) is 5.69 Å². The summed E-state index contributed by atoms with van der Waals surface area (Å²) in [5, 5.41) is 23.2. The summed E-state index contributed by atoms with van der Waals surface area (Å²) in [6, 6.07) is 4.71. The topological polar surface area (TPSA) is 75.4 Å². The summed E-state index contributed by atoms with van der Waals surface area (Å²) in [4.78, 5) is 10.2. The van der Waals surface area contributed by atoms with Crippen molar-refractivity contribution in [3.05, 3.63) is 32.8 Å². The average Bonchev–Trinajstić information content (AvgIpc) is 2.84. The normalized spacial score (nSPS) is 22.4. The summed E-state index contributed by atoms with van der Waals surface area (Å²) in [7, 11) is 0. The maximum atomic E-state index is 10.6. The number of nitrogens with one attached hydrogen (secondary N) is 1. The highest BCUT2D eigenvalue weighted by atomic mass is 79.9. The molecule has 1 aliphatic carbocycles. The van der Waals surface area contributed by atoms with Crippen molar-refractivity contribution < 1.29 is 10.0 Å². The first-order valence-electron chi connectivity index (χ1n) is 6.40. The Morgan fingerprint density at radius 2 is 2.16 bits per heavy atom. The molecular formula is C13H17BrN2O3. The van der Waals surface area contributed by atoms with E-state index in [2.05, 4.69) is 21.2 Å². The molecule has 2 unspecified atom stereocenters. The number of rotatable bonds is 5. The summed E-state index contributed by atoms with van der Waals surface area (Å²) in [5.41, 5.74) is 0.931. The SMILES string of the molecule is O=[N+]([O-])c1ccc(NCC2CCCC2CO)c(Br)c1. The largest absolute Gasteiger partial charge is 0.396 e.